The Kier molecular flexibility index (Phi) is 4.49. The standard InChI is InChI=1S/C20H23N3O3/c24-18(21-12-15-11-13-7-8-14(15)10-13)6-3-9-23-19(25)16-4-1-2-5-17(16)22-20(23)26/h1-2,4-5,7-8,13-15H,3,6,9-12H2,(H,21,24)(H,22,26)/t13-,14+,15+/m1/s1. The fourth-order valence-electron chi connectivity index (χ4n) is 4.26. The van der Waals surface area contributed by atoms with Crippen LogP contribution in [-0.4, -0.2) is 22.0 Å². The van der Waals surface area contributed by atoms with Gasteiger partial charge in [-0.1, -0.05) is 24.3 Å². The third-order valence-corrected chi connectivity index (χ3v) is 5.65. The Morgan fingerprint density at radius 1 is 1.19 bits per heavy atom. The Bertz CT molecular complexity index is 972. The highest BCUT2D eigenvalue weighted by molar-refractivity contribution is 5.77. The van der Waals surface area contributed by atoms with E-state index >= 15 is 0 Å². The van der Waals surface area contributed by atoms with E-state index in [1.54, 1.807) is 24.3 Å². The van der Waals surface area contributed by atoms with Crippen molar-refractivity contribution in [2.75, 3.05) is 6.54 Å². The number of aromatic nitrogens is 2. The first kappa shape index (κ1) is 16.8. The van der Waals surface area contributed by atoms with E-state index in [2.05, 4.69) is 22.5 Å². The molecule has 136 valence electrons. The van der Waals surface area contributed by atoms with Crippen LogP contribution in [0.5, 0.6) is 0 Å². The summed E-state index contributed by atoms with van der Waals surface area (Å²) in [4.78, 5) is 39.3. The van der Waals surface area contributed by atoms with Gasteiger partial charge in [0.15, 0.2) is 0 Å². The van der Waals surface area contributed by atoms with Gasteiger partial charge < -0.3 is 10.3 Å². The molecule has 0 spiro atoms. The van der Waals surface area contributed by atoms with E-state index in [9.17, 15) is 14.4 Å². The number of hydrogen-bond donors (Lipinski definition) is 2. The average molecular weight is 353 g/mol. The monoisotopic (exact) mass is 353 g/mol. The number of aromatic amines is 1. The van der Waals surface area contributed by atoms with E-state index in [0.29, 0.717) is 41.5 Å². The van der Waals surface area contributed by atoms with Crippen molar-refractivity contribution in [1.29, 1.82) is 0 Å². The van der Waals surface area contributed by atoms with Gasteiger partial charge in [0.2, 0.25) is 5.91 Å². The Labute approximate surface area is 150 Å². The molecule has 6 nitrogen and oxygen atoms in total. The van der Waals surface area contributed by atoms with Gasteiger partial charge in [-0.15, -0.1) is 0 Å². The lowest BCUT2D eigenvalue weighted by Crippen LogP contribution is -2.35. The summed E-state index contributed by atoms with van der Waals surface area (Å²) in [5.74, 6) is 1.87. The van der Waals surface area contributed by atoms with E-state index < -0.39 is 5.69 Å². The molecule has 2 aliphatic rings. The van der Waals surface area contributed by atoms with Crippen molar-refractivity contribution in [3.63, 3.8) is 0 Å². The molecule has 2 aliphatic carbocycles. The molecule has 0 radical (unpaired) electrons. The zero-order valence-electron chi connectivity index (χ0n) is 14.6. The molecule has 6 heteroatoms. The van der Waals surface area contributed by atoms with Crippen molar-refractivity contribution in [3.8, 4) is 0 Å². The van der Waals surface area contributed by atoms with Crippen molar-refractivity contribution in [2.45, 2.75) is 32.2 Å². The second-order valence-electron chi connectivity index (χ2n) is 7.38. The SMILES string of the molecule is O=C(CCCn1c(=O)[nH]c2ccccc2c1=O)NC[C@@H]1C[C@@H]2C=C[C@H]1C2. The zero-order valence-corrected chi connectivity index (χ0v) is 14.6. The highest BCUT2D eigenvalue weighted by atomic mass is 16.2. The van der Waals surface area contributed by atoms with Gasteiger partial charge in [0.1, 0.15) is 0 Å². The number of rotatable bonds is 6. The van der Waals surface area contributed by atoms with E-state index in [1.807, 2.05) is 0 Å². The van der Waals surface area contributed by atoms with Crippen LogP contribution in [0.2, 0.25) is 0 Å². The highest BCUT2D eigenvalue weighted by Gasteiger charge is 2.35. The maximum atomic E-state index is 12.4. The molecule has 2 aromatic rings. The molecule has 4 rings (SSSR count). The number of amides is 1. The first-order valence-electron chi connectivity index (χ1n) is 9.28. The van der Waals surface area contributed by atoms with Crippen LogP contribution in [0.3, 0.4) is 0 Å². The Balaban J connectivity index is 1.31. The topological polar surface area (TPSA) is 84.0 Å². The molecule has 2 N–H and O–H groups in total. The average Bonchev–Trinajstić information content (AvgIpc) is 3.26. The van der Waals surface area contributed by atoms with Gasteiger partial charge in [-0.2, -0.15) is 0 Å². The third-order valence-electron chi connectivity index (χ3n) is 5.65. The van der Waals surface area contributed by atoms with Crippen LogP contribution in [-0.2, 0) is 11.3 Å². The lowest BCUT2D eigenvalue weighted by Gasteiger charge is -2.18. The first-order valence-corrected chi connectivity index (χ1v) is 9.28. The number of hydrogen-bond acceptors (Lipinski definition) is 3. The van der Waals surface area contributed by atoms with Crippen molar-refractivity contribution in [3.05, 3.63) is 57.3 Å². The molecular formula is C20H23N3O3. The van der Waals surface area contributed by atoms with Crippen molar-refractivity contribution < 1.29 is 4.79 Å². The second-order valence-corrected chi connectivity index (χ2v) is 7.38. The summed E-state index contributed by atoms with van der Waals surface area (Å²) < 4.78 is 1.18. The molecule has 2 bridgehead atoms. The van der Waals surface area contributed by atoms with Crippen LogP contribution < -0.4 is 16.6 Å². The first-order chi connectivity index (χ1) is 12.6. The number of carbonyl (C=O) groups is 1. The van der Waals surface area contributed by atoms with Crippen LogP contribution in [0.4, 0.5) is 0 Å². The van der Waals surface area contributed by atoms with E-state index in [0.717, 1.165) is 6.54 Å². The van der Waals surface area contributed by atoms with Gasteiger partial charge in [0, 0.05) is 19.5 Å². The predicted molar refractivity (Wildman–Crippen MR) is 99.9 cm³/mol. The molecule has 1 aromatic heterocycles. The van der Waals surface area contributed by atoms with E-state index in [-0.39, 0.29) is 18.0 Å². The van der Waals surface area contributed by atoms with Crippen LogP contribution >= 0.6 is 0 Å². The lowest BCUT2D eigenvalue weighted by molar-refractivity contribution is -0.121. The highest BCUT2D eigenvalue weighted by Crippen LogP contribution is 2.42. The molecule has 0 saturated heterocycles. The van der Waals surface area contributed by atoms with Crippen LogP contribution in [0.25, 0.3) is 10.9 Å². The van der Waals surface area contributed by atoms with Gasteiger partial charge in [0.05, 0.1) is 10.9 Å². The number of nitrogens with one attached hydrogen (secondary N) is 2. The summed E-state index contributed by atoms with van der Waals surface area (Å²) in [6.07, 6.45) is 7.75. The molecule has 1 saturated carbocycles. The summed E-state index contributed by atoms with van der Waals surface area (Å²) >= 11 is 0. The van der Waals surface area contributed by atoms with Crippen LogP contribution in [0.15, 0.2) is 46.0 Å². The lowest BCUT2D eigenvalue weighted by atomic mass is 9.93. The molecule has 3 atom stereocenters. The molecule has 1 heterocycles. The summed E-state index contributed by atoms with van der Waals surface area (Å²) in [5.41, 5.74) is -0.196. The van der Waals surface area contributed by atoms with E-state index in [1.165, 1.54) is 17.4 Å². The summed E-state index contributed by atoms with van der Waals surface area (Å²) in [6, 6.07) is 6.95. The van der Waals surface area contributed by atoms with Crippen LogP contribution in [0.1, 0.15) is 25.7 Å². The minimum absolute atomic E-state index is 0.0120. The Hall–Kier alpha value is -2.63. The minimum atomic E-state index is -0.428. The Morgan fingerprint density at radius 3 is 2.81 bits per heavy atom. The van der Waals surface area contributed by atoms with Gasteiger partial charge in [-0.05, 0) is 49.1 Å². The molecule has 1 amide bonds. The van der Waals surface area contributed by atoms with Crippen molar-refractivity contribution in [1.82, 2.24) is 14.9 Å². The normalized spacial score (nSPS) is 23.6. The number of H-pyrrole nitrogens is 1. The van der Waals surface area contributed by atoms with Crippen molar-refractivity contribution in [2.24, 2.45) is 17.8 Å². The Morgan fingerprint density at radius 2 is 2.04 bits per heavy atom. The predicted octanol–water partition coefficient (Wildman–Crippen LogP) is 1.80. The number of allylic oxidation sites excluding steroid dienone is 2. The number of benzene rings is 1. The largest absolute Gasteiger partial charge is 0.356 e. The molecule has 1 aromatic carbocycles. The molecule has 1 fully saturated rings. The number of nitrogens with zero attached hydrogens (tertiary/aromatic N) is 1. The maximum Gasteiger partial charge on any atom is 0.328 e. The molecule has 0 unspecified atom stereocenters. The summed E-state index contributed by atoms with van der Waals surface area (Å²) in [6.45, 7) is 0.962. The fraction of sp³-hybridized carbons (Fsp3) is 0.450. The van der Waals surface area contributed by atoms with Gasteiger partial charge in [-0.3, -0.25) is 14.2 Å². The third kappa shape index (κ3) is 3.23. The zero-order chi connectivity index (χ0) is 18.1. The molecule has 0 aliphatic heterocycles. The molecular weight excluding hydrogens is 330 g/mol. The van der Waals surface area contributed by atoms with Crippen molar-refractivity contribution >= 4 is 16.8 Å². The number of fused-ring (bicyclic) bond motifs is 3. The number of carbonyl (C=O) groups excluding carboxylic acids is 1. The van der Waals surface area contributed by atoms with Gasteiger partial charge >= 0.3 is 5.69 Å². The smallest absolute Gasteiger partial charge is 0.328 e. The maximum absolute atomic E-state index is 12.4. The summed E-state index contributed by atoms with van der Waals surface area (Å²) in [5, 5.41) is 3.50. The second kappa shape index (κ2) is 6.94. The number of para-hydroxylation sites is 1. The minimum Gasteiger partial charge on any atom is -0.356 e. The van der Waals surface area contributed by atoms with E-state index in [4.69, 9.17) is 0 Å². The molecule has 26 heavy (non-hydrogen) atoms. The quantitative estimate of drug-likeness (QED) is 0.777. The van der Waals surface area contributed by atoms with Gasteiger partial charge in [-0.25, -0.2) is 4.79 Å². The van der Waals surface area contributed by atoms with Crippen LogP contribution in [0, 0.1) is 17.8 Å². The van der Waals surface area contributed by atoms with Gasteiger partial charge in [0.25, 0.3) is 5.56 Å². The fourth-order valence-corrected chi connectivity index (χ4v) is 4.26. The summed E-state index contributed by atoms with van der Waals surface area (Å²) in [7, 11) is 0.